The van der Waals surface area contributed by atoms with Gasteiger partial charge in [-0.2, -0.15) is 11.3 Å². The Morgan fingerprint density at radius 1 is 1.17 bits per heavy atom. The second-order valence-corrected chi connectivity index (χ2v) is 4.72. The fourth-order valence-corrected chi connectivity index (χ4v) is 2.34. The second-order valence-electron chi connectivity index (χ2n) is 3.94. The zero-order valence-corrected chi connectivity index (χ0v) is 11.2. The molecule has 0 unspecified atom stereocenters. The van der Waals surface area contributed by atoms with E-state index in [2.05, 4.69) is 11.4 Å². The summed E-state index contributed by atoms with van der Waals surface area (Å²) in [7, 11) is 1.65. The molecule has 0 aliphatic rings. The van der Waals surface area contributed by atoms with Crippen molar-refractivity contribution in [2.75, 3.05) is 13.7 Å². The summed E-state index contributed by atoms with van der Waals surface area (Å²) < 4.78 is 11.1. The van der Waals surface area contributed by atoms with Crippen molar-refractivity contribution < 1.29 is 9.47 Å². The van der Waals surface area contributed by atoms with Crippen molar-refractivity contribution in [1.82, 2.24) is 0 Å². The Morgan fingerprint density at radius 2 is 2.06 bits per heavy atom. The maximum absolute atomic E-state index is 5.76. The van der Waals surface area contributed by atoms with Gasteiger partial charge in [-0.1, -0.05) is 6.07 Å². The molecular formula is C14H17NO2S. The van der Waals surface area contributed by atoms with Gasteiger partial charge in [-0.3, -0.25) is 0 Å². The number of benzene rings is 1. The molecule has 0 bridgehead atoms. The Bertz CT molecular complexity index is 483. The van der Waals surface area contributed by atoms with Gasteiger partial charge < -0.3 is 15.2 Å². The summed E-state index contributed by atoms with van der Waals surface area (Å²) >= 11 is 1.67. The fourth-order valence-electron chi connectivity index (χ4n) is 1.69. The van der Waals surface area contributed by atoms with Crippen molar-refractivity contribution in [3.8, 4) is 11.5 Å². The third-order valence-corrected chi connectivity index (χ3v) is 3.37. The summed E-state index contributed by atoms with van der Waals surface area (Å²) in [6.45, 7) is 1.20. The van der Waals surface area contributed by atoms with E-state index in [1.54, 1.807) is 18.4 Å². The minimum atomic E-state index is 0.566. The predicted octanol–water partition coefficient (Wildman–Crippen LogP) is 2.84. The Balaban J connectivity index is 2.07. The van der Waals surface area contributed by atoms with Crippen molar-refractivity contribution in [3.05, 3.63) is 46.2 Å². The van der Waals surface area contributed by atoms with Gasteiger partial charge >= 0.3 is 0 Å². The lowest BCUT2D eigenvalue weighted by atomic mass is 10.1. The molecule has 0 atom stereocenters. The standard InChI is InChI=1S/C14H17NO2S/c1-16-14-8-11(4-6-15)2-3-13(14)17-9-12-5-7-18-10-12/h2-3,5,7-8,10H,4,6,9,15H2,1H3. The highest BCUT2D eigenvalue weighted by atomic mass is 32.1. The highest BCUT2D eigenvalue weighted by molar-refractivity contribution is 7.07. The smallest absolute Gasteiger partial charge is 0.161 e. The van der Waals surface area contributed by atoms with Gasteiger partial charge in [0.05, 0.1) is 7.11 Å². The monoisotopic (exact) mass is 263 g/mol. The first kappa shape index (κ1) is 12.9. The molecule has 1 aromatic heterocycles. The predicted molar refractivity (Wildman–Crippen MR) is 74.4 cm³/mol. The molecule has 18 heavy (non-hydrogen) atoms. The molecule has 0 radical (unpaired) electrons. The van der Waals surface area contributed by atoms with Gasteiger partial charge in [-0.15, -0.1) is 0 Å². The molecule has 0 spiro atoms. The third-order valence-electron chi connectivity index (χ3n) is 2.64. The Labute approximate surface area is 111 Å². The summed E-state index contributed by atoms with van der Waals surface area (Å²) in [5, 5.41) is 4.12. The largest absolute Gasteiger partial charge is 0.493 e. The van der Waals surface area contributed by atoms with Crippen LogP contribution in [0.2, 0.25) is 0 Å². The fraction of sp³-hybridized carbons (Fsp3) is 0.286. The number of ether oxygens (including phenoxy) is 2. The minimum absolute atomic E-state index is 0.566. The zero-order chi connectivity index (χ0) is 12.8. The zero-order valence-electron chi connectivity index (χ0n) is 10.4. The van der Waals surface area contributed by atoms with E-state index in [9.17, 15) is 0 Å². The van der Waals surface area contributed by atoms with Gasteiger partial charge in [0.1, 0.15) is 6.61 Å². The molecule has 0 amide bonds. The average molecular weight is 263 g/mol. The average Bonchev–Trinajstić information content (AvgIpc) is 2.90. The van der Waals surface area contributed by atoms with Crippen molar-refractivity contribution >= 4 is 11.3 Å². The maximum atomic E-state index is 5.76. The third kappa shape index (κ3) is 3.24. The van der Waals surface area contributed by atoms with Crippen LogP contribution < -0.4 is 15.2 Å². The number of hydrogen-bond acceptors (Lipinski definition) is 4. The molecular weight excluding hydrogens is 246 g/mol. The molecule has 2 aromatic rings. The van der Waals surface area contributed by atoms with Crippen LogP contribution in [0.5, 0.6) is 11.5 Å². The molecule has 0 fully saturated rings. The number of methoxy groups -OCH3 is 1. The molecule has 0 aliphatic carbocycles. The van der Waals surface area contributed by atoms with E-state index in [1.807, 2.05) is 23.6 Å². The normalized spacial score (nSPS) is 10.3. The van der Waals surface area contributed by atoms with E-state index < -0.39 is 0 Å². The van der Waals surface area contributed by atoms with Crippen LogP contribution in [0.3, 0.4) is 0 Å². The molecule has 0 aliphatic heterocycles. The Hall–Kier alpha value is -1.52. The van der Waals surface area contributed by atoms with Crippen molar-refractivity contribution in [3.63, 3.8) is 0 Å². The molecule has 0 saturated carbocycles. The van der Waals surface area contributed by atoms with E-state index in [-0.39, 0.29) is 0 Å². The lowest BCUT2D eigenvalue weighted by Gasteiger charge is -2.11. The molecule has 2 rings (SSSR count). The second kappa shape index (κ2) is 6.42. The first-order valence-corrected chi connectivity index (χ1v) is 6.78. The Morgan fingerprint density at radius 3 is 2.72 bits per heavy atom. The van der Waals surface area contributed by atoms with Crippen LogP contribution in [0.1, 0.15) is 11.1 Å². The number of thiophene rings is 1. The van der Waals surface area contributed by atoms with Crippen molar-refractivity contribution in [2.24, 2.45) is 5.73 Å². The molecule has 1 aromatic carbocycles. The van der Waals surface area contributed by atoms with Crippen LogP contribution in [0.4, 0.5) is 0 Å². The lowest BCUT2D eigenvalue weighted by Crippen LogP contribution is -2.03. The number of hydrogen-bond donors (Lipinski definition) is 1. The topological polar surface area (TPSA) is 44.5 Å². The number of rotatable bonds is 6. The van der Waals surface area contributed by atoms with Crippen LogP contribution in [0.25, 0.3) is 0 Å². The van der Waals surface area contributed by atoms with Gasteiger partial charge in [-0.05, 0) is 53.1 Å². The van der Waals surface area contributed by atoms with Crippen LogP contribution in [0.15, 0.2) is 35.0 Å². The summed E-state index contributed by atoms with van der Waals surface area (Å²) in [5.41, 5.74) is 7.88. The van der Waals surface area contributed by atoms with Crippen LogP contribution in [-0.2, 0) is 13.0 Å². The van der Waals surface area contributed by atoms with Gasteiger partial charge in [0.2, 0.25) is 0 Å². The molecule has 0 saturated heterocycles. The summed E-state index contributed by atoms with van der Waals surface area (Å²) in [6, 6.07) is 8.00. The van der Waals surface area contributed by atoms with Crippen LogP contribution in [-0.4, -0.2) is 13.7 Å². The highest BCUT2D eigenvalue weighted by Gasteiger charge is 2.06. The summed E-state index contributed by atoms with van der Waals surface area (Å²) in [4.78, 5) is 0. The lowest BCUT2D eigenvalue weighted by molar-refractivity contribution is 0.284. The SMILES string of the molecule is COc1cc(CCN)ccc1OCc1ccsc1. The highest BCUT2D eigenvalue weighted by Crippen LogP contribution is 2.29. The van der Waals surface area contributed by atoms with E-state index >= 15 is 0 Å². The van der Waals surface area contributed by atoms with Gasteiger partial charge in [0.25, 0.3) is 0 Å². The summed E-state index contributed by atoms with van der Waals surface area (Å²) in [5.74, 6) is 1.53. The summed E-state index contributed by atoms with van der Waals surface area (Å²) in [6.07, 6.45) is 0.848. The van der Waals surface area contributed by atoms with E-state index in [0.717, 1.165) is 23.5 Å². The molecule has 2 N–H and O–H groups in total. The van der Waals surface area contributed by atoms with Gasteiger partial charge in [0.15, 0.2) is 11.5 Å². The molecule has 96 valence electrons. The maximum Gasteiger partial charge on any atom is 0.161 e. The van der Waals surface area contributed by atoms with Crippen LogP contribution in [0, 0.1) is 0 Å². The van der Waals surface area contributed by atoms with Gasteiger partial charge in [0, 0.05) is 0 Å². The van der Waals surface area contributed by atoms with Crippen molar-refractivity contribution in [2.45, 2.75) is 13.0 Å². The quantitative estimate of drug-likeness (QED) is 0.871. The molecule has 3 nitrogen and oxygen atoms in total. The van der Waals surface area contributed by atoms with E-state index in [1.165, 1.54) is 5.56 Å². The van der Waals surface area contributed by atoms with Gasteiger partial charge in [-0.25, -0.2) is 0 Å². The number of nitrogens with two attached hydrogens (primary N) is 1. The Kier molecular flexibility index (Phi) is 4.61. The first-order valence-electron chi connectivity index (χ1n) is 5.84. The van der Waals surface area contributed by atoms with Crippen molar-refractivity contribution in [1.29, 1.82) is 0 Å². The minimum Gasteiger partial charge on any atom is -0.493 e. The van der Waals surface area contributed by atoms with E-state index in [0.29, 0.717) is 13.2 Å². The molecule has 4 heteroatoms. The van der Waals surface area contributed by atoms with Crippen LogP contribution >= 0.6 is 11.3 Å². The molecule has 1 heterocycles. The first-order chi connectivity index (χ1) is 8.83. The van der Waals surface area contributed by atoms with E-state index in [4.69, 9.17) is 15.2 Å².